The highest BCUT2D eigenvalue weighted by atomic mass is 35.5. The third-order valence-electron chi connectivity index (χ3n) is 5.17. The van der Waals surface area contributed by atoms with Crippen molar-refractivity contribution in [3.8, 4) is 0 Å². The normalized spacial score (nSPS) is 11.9. The Balaban J connectivity index is 0.00000280. The molecule has 3 aromatic rings. The molecule has 0 bridgehead atoms. The van der Waals surface area contributed by atoms with Gasteiger partial charge in [0.2, 0.25) is 0 Å². The second-order valence-corrected chi connectivity index (χ2v) is 7.44. The van der Waals surface area contributed by atoms with E-state index in [1.165, 1.54) is 46.7 Å². The number of nitrogens with zero attached hydrogens (tertiary/aromatic N) is 1. The van der Waals surface area contributed by atoms with Gasteiger partial charge in [0.15, 0.2) is 0 Å². The lowest BCUT2D eigenvalue weighted by atomic mass is 10.0. The van der Waals surface area contributed by atoms with Gasteiger partial charge in [0.25, 0.3) is 0 Å². The van der Waals surface area contributed by atoms with E-state index in [0.717, 1.165) is 25.9 Å². The monoisotopic (exact) mass is 397 g/mol. The van der Waals surface area contributed by atoms with Crippen LogP contribution in [0.5, 0.6) is 0 Å². The lowest BCUT2D eigenvalue weighted by molar-refractivity contribution is 0.489. The van der Waals surface area contributed by atoms with Gasteiger partial charge in [-0.15, -0.1) is 12.4 Å². The Hall–Kier alpha value is -1.94. The topological polar surface area (TPSA) is 50.9 Å². The number of hydrogen-bond acceptors (Lipinski definition) is 3. The zero-order valence-electron chi connectivity index (χ0n) is 16.7. The summed E-state index contributed by atoms with van der Waals surface area (Å²) in [6.45, 7) is 3.93. The van der Waals surface area contributed by atoms with Crippen molar-refractivity contribution in [3.05, 3.63) is 77.6 Å². The Kier molecular flexibility index (Phi) is 9.42. The number of rotatable bonds is 10. The standard InChI is InChI=1S/C24H31N3.ClH/c1-19(4-2-3-5-20-6-8-21(9-7-20)12-14-25)27-17-22-10-11-24-18-26-15-13-23(24)16-22;/h6-11,13,15-16,18-19,27H,2-5,12,14,17,25H2,1H3;1H/t19-;/m1./s1. The van der Waals surface area contributed by atoms with E-state index in [4.69, 9.17) is 5.73 Å². The SMILES string of the molecule is C[C@H](CCCCc1ccc(CCN)cc1)NCc1ccc2cnccc2c1.Cl. The summed E-state index contributed by atoms with van der Waals surface area (Å²) in [6, 6.07) is 18.1. The molecule has 0 aliphatic heterocycles. The quantitative estimate of drug-likeness (QED) is 0.470. The van der Waals surface area contributed by atoms with Crippen molar-refractivity contribution in [2.45, 2.75) is 51.6 Å². The molecule has 4 heteroatoms. The molecule has 2 aromatic carbocycles. The Labute approximate surface area is 175 Å². The van der Waals surface area contributed by atoms with Crippen molar-refractivity contribution < 1.29 is 0 Å². The first-order valence-corrected chi connectivity index (χ1v) is 10.1. The zero-order chi connectivity index (χ0) is 18.9. The van der Waals surface area contributed by atoms with Gasteiger partial charge in [0.1, 0.15) is 0 Å². The summed E-state index contributed by atoms with van der Waals surface area (Å²) in [4.78, 5) is 4.17. The molecule has 0 aliphatic rings. The number of aryl methyl sites for hydroxylation is 1. The summed E-state index contributed by atoms with van der Waals surface area (Å²) in [7, 11) is 0. The van der Waals surface area contributed by atoms with Crippen LogP contribution >= 0.6 is 12.4 Å². The molecule has 28 heavy (non-hydrogen) atoms. The average molecular weight is 398 g/mol. The molecule has 0 unspecified atom stereocenters. The van der Waals surface area contributed by atoms with Crippen LogP contribution < -0.4 is 11.1 Å². The van der Waals surface area contributed by atoms with Crippen LogP contribution in [0.3, 0.4) is 0 Å². The molecular weight excluding hydrogens is 366 g/mol. The summed E-state index contributed by atoms with van der Waals surface area (Å²) in [5, 5.41) is 6.11. The largest absolute Gasteiger partial charge is 0.330 e. The highest BCUT2D eigenvalue weighted by Crippen LogP contribution is 2.15. The fraction of sp³-hybridized carbons (Fsp3) is 0.375. The molecule has 1 atom stereocenters. The number of benzene rings is 2. The molecule has 3 N–H and O–H groups in total. The van der Waals surface area contributed by atoms with E-state index in [1.54, 1.807) is 0 Å². The van der Waals surface area contributed by atoms with Crippen molar-refractivity contribution >= 4 is 23.2 Å². The fourth-order valence-corrected chi connectivity index (χ4v) is 3.46. The highest BCUT2D eigenvalue weighted by molar-refractivity contribution is 5.85. The molecular formula is C24H32ClN3. The second kappa shape index (κ2) is 11.8. The van der Waals surface area contributed by atoms with Crippen LogP contribution in [0.15, 0.2) is 60.9 Å². The maximum absolute atomic E-state index is 5.60. The molecule has 0 saturated heterocycles. The van der Waals surface area contributed by atoms with E-state index in [9.17, 15) is 0 Å². The van der Waals surface area contributed by atoms with Gasteiger partial charge in [0, 0.05) is 30.4 Å². The number of hydrogen-bond donors (Lipinski definition) is 2. The predicted molar refractivity (Wildman–Crippen MR) is 122 cm³/mol. The molecule has 0 radical (unpaired) electrons. The van der Waals surface area contributed by atoms with Crippen LogP contribution in [-0.4, -0.2) is 17.6 Å². The molecule has 1 aromatic heterocycles. The average Bonchev–Trinajstić information content (AvgIpc) is 2.71. The van der Waals surface area contributed by atoms with Gasteiger partial charge >= 0.3 is 0 Å². The van der Waals surface area contributed by atoms with Crippen LogP contribution in [-0.2, 0) is 19.4 Å². The maximum Gasteiger partial charge on any atom is 0.0346 e. The van der Waals surface area contributed by atoms with Gasteiger partial charge < -0.3 is 11.1 Å². The van der Waals surface area contributed by atoms with Gasteiger partial charge in [-0.05, 0) is 73.4 Å². The number of unbranched alkanes of at least 4 members (excludes halogenated alkanes) is 1. The van der Waals surface area contributed by atoms with Gasteiger partial charge in [-0.2, -0.15) is 0 Å². The van der Waals surface area contributed by atoms with Gasteiger partial charge in [-0.1, -0.05) is 42.8 Å². The number of halogens is 1. The molecule has 0 saturated carbocycles. The second-order valence-electron chi connectivity index (χ2n) is 7.44. The van der Waals surface area contributed by atoms with Crippen molar-refractivity contribution in [2.24, 2.45) is 5.73 Å². The summed E-state index contributed by atoms with van der Waals surface area (Å²) >= 11 is 0. The van der Waals surface area contributed by atoms with Crippen molar-refractivity contribution in [3.63, 3.8) is 0 Å². The summed E-state index contributed by atoms with van der Waals surface area (Å²) in [6.07, 6.45) is 9.61. The first-order chi connectivity index (χ1) is 13.2. The fourth-order valence-electron chi connectivity index (χ4n) is 3.46. The molecule has 1 heterocycles. The third-order valence-corrected chi connectivity index (χ3v) is 5.17. The minimum absolute atomic E-state index is 0. The molecule has 3 rings (SSSR count). The lowest BCUT2D eigenvalue weighted by Gasteiger charge is -2.14. The predicted octanol–water partition coefficient (Wildman–Crippen LogP) is 5.05. The minimum Gasteiger partial charge on any atom is -0.330 e. The van der Waals surface area contributed by atoms with Gasteiger partial charge in [-0.3, -0.25) is 4.98 Å². The van der Waals surface area contributed by atoms with E-state index in [0.29, 0.717) is 6.04 Å². The van der Waals surface area contributed by atoms with Crippen LogP contribution in [0.2, 0.25) is 0 Å². The van der Waals surface area contributed by atoms with Crippen LogP contribution in [0.4, 0.5) is 0 Å². The van der Waals surface area contributed by atoms with Crippen LogP contribution in [0, 0.1) is 0 Å². The number of pyridine rings is 1. The molecule has 0 spiro atoms. The van der Waals surface area contributed by atoms with E-state index in [-0.39, 0.29) is 12.4 Å². The molecule has 0 aliphatic carbocycles. The van der Waals surface area contributed by atoms with E-state index in [1.807, 2.05) is 12.4 Å². The number of nitrogens with one attached hydrogen (secondary N) is 1. The molecule has 150 valence electrons. The van der Waals surface area contributed by atoms with E-state index < -0.39 is 0 Å². The maximum atomic E-state index is 5.60. The smallest absolute Gasteiger partial charge is 0.0346 e. The Morgan fingerprint density at radius 3 is 2.36 bits per heavy atom. The molecule has 0 fully saturated rings. The first kappa shape index (κ1) is 22.4. The Bertz CT molecular complexity index is 833. The number of nitrogens with two attached hydrogens (primary N) is 1. The summed E-state index contributed by atoms with van der Waals surface area (Å²) in [5.41, 5.74) is 9.70. The van der Waals surface area contributed by atoms with Crippen molar-refractivity contribution in [1.29, 1.82) is 0 Å². The van der Waals surface area contributed by atoms with Crippen LogP contribution in [0.25, 0.3) is 10.8 Å². The third kappa shape index (κ3) is 6.90. The Morgan fingerprint density at radius 1 is 0.893 bits per heavy atom. The first-order valence-electron chi connectivity index (χ1n) is 10.1. The number of fused-ring (bicyclic) bond motifs is 1. The lowest BCUT2D eigenvalue weighted by Crippen LogP contribution is -2.25. The molecule has 0 amide bonds. The van der Waals surface area contributed by atoms with Crippen LogP contribution in [0.1, 0.15) is 42.9 Å². The van der Waals surface area contributed by atoms with Gasteiger partial charge in [0.05, 0.1) is 0 Å². The minimum atomic E-state index is 0. The zero-order valence-corrected chi connectivity index (χ0v) is 17.5. The number of aromatic nitrogens is 1. The molecule has 3 nitrogen and oxygen atoms in total. The van der Waals surface area contributed by atoms with E-state index in [2.05, 4.69) is 65.8 Å². The van der Waals surface area contributed by atoms with Crippen molar-refractivity contribution in [2.75, 3.05) is 6.54 Å². The Morgan fingerprint density at radius 2 is 1.61 bits per heavy atom. The summed E-state index contributed by atoms with van der Waals surface area (Å²) < 4.78 is 0. The summed E-state index contributed by atoms with van der Waals surface area (Å²) in [5.74, 6) is 0. The van der Waals surface area contributed by atoms with Gasteiger partial charge in [-0.25, -0.2) is 0 Å². The van der Waals surface area contributed by atoms with E-state index >= 15 is 0 Å². The highest BCUT2D eigenvalue weighted by Gasteiger charge is 2.03. The van der Waals surface area contributed by atoms with Crippen molar-refractivity contribution in [1.82, 2.24) is 10.3 Å².